The van der Waals surface area contributed by atoms with Gasteiger partial charge in [-0.3, -0.25) is 4.90 Å². The number of likely N-dealkylation sites (N-methyl/N-ethyl adjacent to an activating group) is 2. The highest BCUT2D eigenvalue weighted by molar-refractivity contribution is 5.49. The second-order valence-corrected chi connectivity index (χ2v) is 7.00. The van der Waals surface area contributed by atoms with Gasteiger partial charge in [0.25, 0.3) is 0 Å². The highest BCUT2D eigenvalue weighted by Gasteiger charge is 2.68. The lowest BCUT2D eigenvalue weighted by Crippen LogP contribution is -2.58. The summed E-state index contributed by atoms with van der Waals surface area (Å²) in [6.07, 6.45) is -0.149. The van der Waals surface area contributed by atoms with Gasteiger partial charge in [0, 0.05) is 25.2 Å². The molecule has 1 aromatic carbocycles. The number of ether oxygens (including phenoxy) is 2. The van der Waals surface area contributed by atoms with Gasteiger partial charge in [-0.15, -0.1) is 0 Å². The third kappa shape index (κ3) is 1.58. The van der Waals surface area contributed by atoms with Crippen molar-refractivity contribution in [3.63, 3.8) is 0 Å². The maximum Gasteiger partial charge on any atom is 0.142 e. The average Bonchev–Trinajstić information content (AvgIpc) is 3.03. The van der Waals surface area contributed by atoms with Crippen LogP contribution in [0.3, 0.4) is 0 Å². The van der Waals surface area contributed by atoms with Crippen LogP contribution in [-0.4, -0.2) is 56.4 Å². The van der Waals surface area contributed by atoms with E-state index in [0.29, 0.717) is 13.3 Å². The Morgan fingerprint density at radius 2 is 2.09 bits per heavy atom. The Morgan fingerprint density at radius 1 is 1.27 bits per heavy atom. The number of fused-ring (bicyclic) bond motifs is 4. The van der Waals surface area contributed by atoms with Gasteiger partial charge < -0.3 is 14.4 Å². The topological polar surface area (TPSA) is 48.7 Å². The van der Waals surface area contributed by atoms with Crippen LogP contribution in [0.15, 0.2) is 18.2 Å². The van der Waals surface area contributed by atoms with Gasteiger partial charge in [-0.1, -0.05) is 11.6 Å². The summed E-state index contributed by atoms with van der Waals surface area (Å²) in [4.78, 5) is 4.32. The molecule has 0 bridgehead atoms. The van der Waals surface area contributed by atoms with E-state index in [4.69, 9.17) is 9.47 Å². The lowest BCUT2D eigenvalue weighted by Gasteiger charge is -2.47. The number of hydrogen-bond donors (Lipinski definition) is 0. The Bertz CT molecular complexity index is 670. The highest BCUT2D eigenvalue weighted by atomic mass is 16.5. The van der Waals surface area contributed by atoms with E-state index in [1.807, 2.05) is 20.2 Å². The highest BCUT2D eigenvalue weighted by Crippen LogP contribution is 2.57. The summed E-state index contributed by atoms with van der Waals surface area (Å²) >= 11 is 0. The molecule has 2 fully saturated rings. The van der Waals surface area contributed by atoms with Crippen LogP contribution in [0, 0.1) is 23.7 Å². The third-order valence-corrected chi connectivity index (χ3v) is 5.33. The SMILES string of the molecule is Cc1ccc2c(c1)[C@@]1(CN(C)CO1)[C@]1(C#N)CN(C)C[C@@H]1O2. The smallest absolute Gasteiger partial charge is 0.142 e. The molecular formula is C17H21N3O2. The Balaban J connectivity index is 1.97. The first-order valence-electron chi connectivity index (χ1n) is 7.71. The first kappa shape index (κ1) is 14.0. The molecule has 1 aromatic rings. The predicted molar refractivity (Wildman–Crippen MR) is 81.4 cm³/mol. The molecule has 5 nitrogen and oxygen atoms in total. The minimum Gasteiger partial charge on any atom is -0.487 e. The molecule has 0 N–H and O–H groups in total. The van der Waals surface area contributed by atoms with Crippen LogP contribution in [0.2, 0.25) is 0 Å². The van der Waals surface area contributed by atoms with Crippen molar-refractivity contribution in [3.8, 4) is 11.8 Å². The van der Waals surface area contributed by atoms with Crippen molar-refractivity contribution in [1.29, 1.82) is 5.26 Å². The van der Waals surface area contributed by atoms with Crippen molar-refractivity contribution >= 4 is 0 Å². The summed E-state index contributed by atoms with van der Waals surface area (Å²) in [5.74, 6) is 0.868. The van der Waals surface area contributed by atoms with Crippen LogP contribution in [0.1, 0.15) is 11.1 Å². The number of rotatable bonds is 0. The monoisotopic (exact) mass is 299 g/mol. The second kappa shape index (κ2) is 4.45. The molecule has 22 heavy (non-hydrogen) atoms. The van der Waals surface area contributed by atoms with E-state index in [1.54, 1.807) is 0 Å². The molecule has 0 aliphatic carbocycles. The van der Waals surface area contributed by atoms with Gasteiger partial charge in [0.05, 0.1) is 6.07 Å². The lowest BCUT2D eigenvalue weighted by atomic mass is 9.65. The number of nitriles is 1. The fraction of sp³-hybridized carbons (Fsp3) is 0.588. The van der Waals surface area contributed by atoms with Crippen LogP contribution in [0.5, 0.6) is 5.75 Å². The largest absolute Gasteiger partial charge is 0.487 e. The van der Waals surface area contributed by atoms with Gasteiger partial charge in [-0.05, 0) is 33.2 Å². The molecule has 116 valence electrons. The fourth-order valence-electron chi connectivity index (χ4n) is 4.33. The van der Waals surface area contributed by atoms with Crippen LogP contribution in [0.4, 0.5) is 0 Å². The van der Waals surface area contributed by atoms with Crippen LogP contribution in [0.25, 0.3) is 0 Å². The zero-order valence-corrected chi connectivity index (χ0v) is 13.3. The molecule has 5 heteroatoms. The van der Waals surface area contributed by atoms with E-state index in [0.717, 1.165) is 30.0 Å². The Kier molecular flexibility index (Phi) is 2.83. The molecule has 0 amide bonds. The fourth-order valence-corrected chi connectivity index (χ4v) is 4.33. The molecule has 3 aliphatic heterocycles. The lowest BCUT2D eigenvalue weighted by molar-refractivity contribution is -0.117. The summed E-state index contributed by atoms with van der Waals surface area (Å²) in [6, 6.07) is 8.81. The van der Waals surface area contributed by atoms with Gasteiger partial charge in [-0.25, -0.2) is 0 Å². The molecule has 0 radical (unpaired) electrons. The summed E-state index contributed by atoms with van der Waals surface area (Å²) in [5.41, 5.74) is 0.932. The van der Waals surface area contributed by atoms with E-state index in [9.17, 15) is 5.26 Å². The second-order valence-electron chi connectivity index (χ2n) is 7.00. The average molecular weight is 299 g/mol. The van der Waals surface area contributed by atoms with Gasteiger partial charge in [-0.2, -0.15) is 5.26 Å². The minimum absolute atomic E-state index is 0.149. The van der Waals surface area contributed by atoms with Gasteiger partial charge >= 0.3 is 0 Å². The molecular weight excluding hydrogens is 278 g/mol. The molecule has 0 aromatic heterocycles. The molecule has 3 aliphatic rings. The summed E-state index contributed by atoms with van der Waals surface area (Å²) in [6.45, 7) is 4.78. The molecule has 0 unspecified atom stereocenters. The number of likely N-dealkylation sites (tertiary alicyclic amines) is 1. The number of nitrogens with zero attached hydrogens (tertiary/aromatic N) is 3. The summed E-state index contributed by atoms with van der Waals surface area (Å²) < 4.78 is 12.6. The first-order valence-corrected chi connectivity index (χ1v) is 7.71. The van der Waals surface area contributed by atoms with E-state index < -0.39 is 11.0 Å². The van der Waals surface area contributed by atoms with Crippen LogP contribution in [-0.2, 0) is 10.3 Å². The molecule has 2 saturated heterocycles. The van der Waals surface area contributed by atoms with E-state index in [1.165, 1.54) is 0 Å². The number of aryl methyl sites for hydroxylation is 1. The number of benzene rings is 1. The number of hydrogen-bond acceptors (Lipinski definition) is 5. The van der Waals surface area contributed by atoms with Gasteiger partial charge in [0.15, 0.2) is 0 Å². The van der Waals surface area contributed by atoms with E-state index in [-0.39, 0.29) is 6.10 Å². The van der Waals surface area contributed by atoms with Crippen molar-refractivity contribution in [2.45, 2.75) is 18.6 Å². The van der Waals surface area contributed by atoms with E-state index in [2.05, 4.69) is 34.9 Å². The molecule has 1 spiro atoms. The van der Waals surface area contributed by atoms with Crippen LogP contribution < -0.4 is 4.74 Å². The first-order chi connectivity index (χ1) is 10.5. The van der Waals surface area contributed by atoms with Crippen molar-refractivity contribution in [2.75, 3.05) is 40.5 Å². The Hall–Kier alpha value is -1.61. The van der Waals surface area contributed by atoms with E-state index >= 15 is 0 Å². The Labute approximate surface area is 131 Å². The van der Waals surface area contributed by atoms with Gasteiger partial charge in [0.2, 0.25) is 0 Å². The maximum absolute atomic E-state index is 10.1. The van der Waals surface area contributed by atoms with Crippen LogP contribution >= 0.6 is 0 Å². The van der Waals surface area contributed by atoms with Crippen molar-refractivity contribution < 1.29 is 9.47 Å². The minimum atomic E-state index is -0.659. The Morgan fingerprint density at radius 3 is 2.77 bits per heavy atom. The maximum atomic E-state index is 10.1. The zero-order valence-electron chi connectivity index (χ0n) is 13.3. The normalized spacial score (nSPS) is 37.6. The molecule has 4 rings (SSSR count). The van der Waals surface area contributed by atoms with Crippen molar-refractivity contribution in [2.24, 2.45) is 5.41 Å². The summed E-state index contributed by atoms with van der Waals surface area (Å²) in [5, 5.41) is 10.1. The zero-order chi connectivity index (χ0) is 15.5. The molecule has 0 saturated carbocycles. The van der Waals surface area contributed by atoms with Crippen molar-refractivity contribution in [3.05, 3.63) is 29.3 Å². The molecule has 3 atom stereocenters. The van der Waals surface area contributed by atoms with Gasteiger partial charge in [0.1, 0.15) is 29.6 Å². The van der Waals surface area contributed by atoms with Crippen molar-refractivity contribution in [1.82, 2.24) is 9.80 Å². The summed E-state index contributed by atoms with van der Waals surface area (Å²) in [7, 11) is 4.08. The quantitative estimate of drug-likeness (QED) is 0.723. The standard InChI is InChI=1S/C17H21N3O2/c1-12-4-5-14-13(6-12)17(10-20(3)11-21-17)16(8-18)9-19(2)7-15(16)22-14/h4-6,15H,7,9-11H2,1-3H3/t15-,16+,17-/m0/s1. The predicted octanol–water partition coefficient (Wildman–Crippen LogP) is 1.33. The third-order valence-electron chi connectivity index (χ3n) is 5.33. The molecule has 3 heterocycles.